The lowest BCUT2D eigenvalue weighted by Crippen LogP contribution is -2.24. The Hall–Kier alpha value is -2.90. The van der Waals surface area contributed by atoms with Crippen molar-refractivity contribution in [3.63, 3.8) is 0 Å². The van der Waals surface area contributed by atoms with E-state index in [9.17, 15) is 5.11 Å². The molecule has 0 aromatic heterocycles. The van der Waals surface area contributed by atoms with Crippen LogP contribution in [0.4, 0.5) is 0 Å². The Labute approximate surface area is 164 Å². The van der Waals surface area contributed by atoms with Gasteiger partial charge in [0.05, 0.1) is 6.10 Å². The number of allylic oxidation sites excluding steroid dienone is 4. The first-order valence-corrected chi connectivity index (χ1v) is 10.1. The number of aliphatic hydroxyl groups is 1. The Morgan fingerprint density at radius 3 is 2.36 bits per heavy atom. The highest BCUT2D eigenvalue weighted by atomic mass is 16.3. The summed E-state index contributed by atoms with van der Waals surface area (Å²) in [6.45, 7) is 0. The first kappa shape index (κ1) is 15.1. The van der Waals surface area contributed by atoms with Crippen LogP contribution in [-0.4, -0.2) is 5.11 Å². The summed E-state index contributed by atoms with van der Waals surface area (Å²) in [5.74, 6) is 0.668. The first-order valence-electron chi connectivity index (χ1n) is 10.1. The maximum atomic E-state index is 11.9. The van der Waals surface area contributed by atoms with Gasteiger partial charge in [0.25, 0.3) is 0 Å². The molecule has 1 saturated carbocycles. The third kappa shape index (κ3) is 1.33. The van der Waals surface area contributed by atoms with Crippen LogP contribution in [0.2, 0.25) is 0 Å². The topological polar surface area (TPSA) is 20.2 Å². The number of rotatable bonds is 2. The minimum atomic E-state index is -0.523. The highest BCUT2D eigenvalue weighted by Crippen LogP contribution is 2.91. The third-order valence-corrected chi connectivity index (χ3v) is 7.88. The molecule has 5 atom stereocenters. The monoisotopic (exact) mass is 360 g/mol. The highest BCUT2D eigenvalue weighted by molar-refractivity contribution is 5.93. The van der Waals surface area contributed by atoms with Crippen LogP contribution < -0.4 is 0 Å². The van der Waals surface area contributed by atoms with Gasteiger partial charge < -0.3 is 5.11 Å². The zero-order chi connectivity index (χ0) is 18.5. The molecule has 0 radical (unpaired) electrons. The Kier molecular flexibility index (Phi) is 2.55. The van der Waals surface area contributed by atoms with Crippen molar-refractivity contribution in [1.29, 1.82) is 0 Å². The van der Waals surface area contributed by atoms with Gasteiger partial charge in [0.15, 0.2) is 0 Å². The van der Waals surface area contributed by atoms with Crippen LogP contribution in [0.5, 0.6) is 0 Å². The molecule has 7 rings (SSSR count). The average Bonchev–Trinajstić information content (AvgIpc) is 3.14. The second kappa shape index (κ2) is 4.74. The van der Waals surface area contributed by atoms with Crippen LogP contribution in [0.25, 0.3) is 5.57 Å². The molecular weight excluding hydrogens is 340 g/mol. The number of hydrogen-bond acceptors (Lipinski definition) is 1. The lowest BCUT2D eigenvalue weighted by atomic mass is 9.79. The molecule has 0 saturated heterocycles. The standard InChI is InChI=1S/C27H20O/c28-25(17-9-2-1-3-10-17)27-22-14-7-6-13-20(22)24-19-12-5-4-11-18(19)21-15-8-16-23(27)26(21,24)27/h1-16,23-25,28H. The zero-order valence-corrected chi connectivity index (χ0v) is 15.4. The maximum Gasteiger partial charge on any atom is 0.0901 e. The van der Waals surface area contributed by atoms with Crippen molar-refractivity contribution in [2.45, 2.75) is 17.4 Å². The summed E-state index contributed by atoms with van der Waals surface area (Å²) in [5.41, 5.74) is 7.65. The van der Waals surface area contributed by atoms with Crippen LogP contribution in [-0.2, 0) is 5.41 Å². The molecular formula is C27H20O. The van der Waals surface area contributed by atoms with Gasteiger partial charge in [0, 0.05) is 22.7 Å². The minimum Gasteiger partial charge on any atom is -0.387 e. The van der Waals surface area contributed by atoms with E-state index in [0.29, 0.717) is 11.8 Å². The van der Waals surface area contributed by atoms with E-state index in [-0.39, 0.29) is 10.8 Å². The summed E-state index contributed by atoms with van der Waals surface area (Å²) in [5, 5.41) is 11.9. The normalized spacial score (nSPS) is 33.4. The van der Waals surface area contributed by atoms with E-state index < -0.39 is 6.10 Å². The van der Waals surface area contributed by atoms with Gasteiger partial charge >= 0.3 is 0 Å². The third-order valence-electron chi connectivity index (χ3n) is 7.88. The number of hydrogen-bond donors (Lipinski definition) is 1. The van der Waals surface area contributed by atoms with Crippen molar-refractivity contribution in [2.24, 2.45) is 11.3 Å². The Balaban J connectivity index is 1.58. The Morgan fingerprint density at radius 1 is 0.786 bits per heavy atom. The van der Waals surface area contributed by atoms with Crippen molar-refractivity contribution in [3.8, 4) is 0 Å². The molecule has 28 heavy (non-hydrogen) atoms. The van der Waals surface area contributed by atoms with E-state index in [4.69, 9.17) is 0 Å². The van der Waals surface area contributed by atoms with E-state index in [2.05, 4.69) is 78.9 Å². The molecule has 5 unspecified atom stereocenters. The average molecular weight is 360 g/mol. The molecule has 4 aliphatic rings. The highest BCUT2D eigenvalue weighted by Gasteiger charge is 2.88. The SMILES string of the molecule is OC(c1ccccc1)C12c3ccccc3C3c4ccccc4C4=CC=CC1C432. The lowest BCUT2D eigenvalue weighted by molar-refractivity contribution is 0.119. The van der Waals surface area contributed by atoms with Gasteiger partial charge in [-0.15, -0.1) is 0 Å². The zero-order valence-electron chi connectivity index (χ0n) is 15.4. The first-order chi connectivity index (χ1) is 13.8. The van der Waals surface area contributed by atoms with Crippen molar-refractivity contribution >= 4 is 5.57 Å². The number of aliphatic hydroxyl groups excluding tert-OH is 1. The van der Waals surface area contributed by atoms with Crippen LogP contribution in [0, 0.1) is 11.3 Å². The van der Waals surface area contributed by atoms with Gasteiger partial charge in [-0.3, -0.25) is 0 Å². The number of fused-ring (bicyclic) bond motifs is 7. The molecule has 0 bridgehead atoms. The largest absolute Gasteiger partial charge is 0.387 e. The summed E-state index contributed by atoms with van der Waals surface area (Å²) < 4.78 is 0. The van der Waals surface area contributed by atoms with E-state index in [1.54, 1.807) is 0 Å². The molecule has 1 heteroatoms. The van der Waals surface area contributed by atoms with Gasteiger partial charge in [-0.2, -0.15) is 0 Å². The Bertz CT molecular complexity index is 1200. The van der Waals surface area contributed by atoms with Crippen LogP contribution in [0.3, 0.4) is 0 Å². The predicted molar refractivity (Wildman–Crippen MR) is 111 cm³/mol. The predicted octanol–water partition coefficient (Wildman–Crippen LogP) is 5.39. The van der Waals surface area contributed by atoms with Gasteiger partial charge in [-0.1, -0.05) is 97.1 Å². The second-order valence-electron chi connectivity index (χ2n) is 8.60. The van der Waals surface area contributed by atoms with E-state index in [0.717, 1.165) is 5.56 Å². The van der Waals surface area contributed by atoms with Crippen molar-refractivity contribution in [2.75, 3.05) is 0 Å². The smallest absolute Gasteiger partial charge is 0.0901 e. The van der Waals surface area contributed by atoms with E-state index in [1.165, 1.54) is 27.8 Å². The fraction of sp³-hybridized carbons (Fsp3) is 0.185. The summed E-state index contributed by atoms with van der Waals surface area (Å²) in [6.07, 6.45) is 6.35. The minimum absolute atomic E-state index is 0.0512. The van der Waals surface area contributed by atoms with Crippen LogP contribution in [0.1, 0.15) is 39.8 Å². The quantitative estimate of drug-likeness (QED) is 0.650. The molecule has 3 aromatic rings. The van der Waals surface area contributed by atoms with Crippen molar-refractivity contribution in [1.82, 2.24) is 0 Å². The van der Waals surface area contributed by atoms with E-state index in [1.807, 2.05) is 18.2 Å². The van der Waals surface area contributed by atoms with Gasteiger partial charge in [0.1, 0.15) is 0 Å². The molecule has 3 aromatic carbocycles. The lowest BCUT2D eigenvalue weighted by Gasteiger charge is -2.26. The Morgan fingerprint density at radius 2 is 1.50 bits per heavy atom. The van der Waals surface area contributed by atoms with E-state index >= 15 is 0 Å². The van der Waals surface area contributed by atoms with Crippen LogP contribution in [0.15, 0.2) is 97.1 Å². The van der Waals surface area contributed by atoms with Gasteiger partial charge in [0.2, 0.25) is 0 Å². The summed E-state index contributed by atoms with van der Waals surface area (Å²) >= 11 is 0. The number of benzene rings is 3. The molecule has 0 amide bonds. The fourth-order valence-corrected chi connectivity index (χ4v) is 7.14. The van der Waals surface area contributed by atoms with Crippen LogP contribution >= 0.6 is 0 Å². The fourth-order valence-electron chi connectivity index (χ4n) is 7.14. The second-order valence-corrected chi connectivity index (χ2v) is 8.60. The molecule has 134 valence electrons. The molecule has 0 aliphatic heterocycles. The molecule has 1 N–H and O–H groups in total. The molecule has 1 nitrogen and oxygen atoms in total. The summed E-state index contributed by atoms with van der Waals surface area (Å²) in [7, 11) is 0. The molecule has 0 heterocycles. The van der Waals surface area contributed by atoms with Crippen molar-refractivity contribution in [3.05, 3.63) is 125 Å². The molecule has 1 fully saturated rings. The molecule has 1 spiro atoms. The summed E-state index contributed by atoms with van der Waals surface area (Å²) in [4.78, 5) is 0. The maximum absolute atomic E-state index is 11.9. The molecule has 4 aliphatic carbocycles. The van der Waals surface area contributed by atoms with Gasteiger partial charge in [-0.25, -0.2) is 0 Å². The summed E-state index contributed by atoms with van der Waals surface area (Å²) in [6, 6.07) is 28.0. The van der Waals surface area contributed by atoms with Crippen molar-refractivity contribution < 1.29 is 5.11 Å². The van der Waals surface area contributed by atoms with Gasteiger partial charge in [-0.05, 0) is 33.4 Å².